The van der Waals surface area contributed by atoms with Crippen LogP contribution in [0.25, 0.3) is 11.3 Å². The fourth-order valence-corrected chi connectivity index (χ4v) is 3.65. The Labute approximate surface area is 157 Å². The van der Waals surface area contributed by atoms with Crippen molar-refractivity contribution in [2.45, 2.75) is 25.3 Å². The Hall–Kier alpha value is -2.93. The average molecular weight is 362 g/mol. The number of rotatable bonds is 4. The second kappa shape index (κ2) is 6.35. The summed E-state index contributed by atoms with van der Waals surface area (Å²) in [6, 6.07) is 10.6. The minimum absolute atomic E-state index is 0.215. The van der Waals surface area contributed by atoms with Crippen LogP contribution in [0.15, 0.2) is 47.1 Å². The zero-order valence-electron chi connectivity index (χ0n) is 15.3. The largest absolute Gasteiger partial charge is 0.423 e. The molecule has 1 aliphatic heterocycles. The van der Waals surface area contributed by atoms with Crippen molar-refractivity contribution in [3.8, 4) is 11.3 Å². The molecule has 1 spiro atoms. The van der Waals surface area contributed by atoms with Gasteiger partial charge < -0.3 is 20.0 Å². The fourth-order valence-electron chi connectivity index (χ4n) is 3.65. The van der Waals surface area contributed by atoms with Crippen molar-refractivity contribution in [3.05, 3.63) is 48.4 Å². The van der Waals surface area contributed by atoms with Gasteiger partial charge in [-0.3, -0.25) is 0 Å². The van der Waals surface area contributed by atoms with Crippen LogP contribution in [0.5, 0.6) is 0 Å². The van der Waals surface area contributed by atoms with Gasteiger partial charge >= 0.3 is 0 Å². The third-order valence-corrected chi connectivity index (χ3v) is 5.29. The molecule has 2 aliphatic rings. The van der Waals surface area contributed by atoms with Crippen molar-refractivity contribution in [2.75, 3.05) is 29.9 Å². The van der Waals surface area contributed by atoms with Gasteiger partial charge in [0.25, 0.3) is 6.01 Å². The van der Waals surface area contributed by atoms with Crippen molar-refractivity contribution in [2.24, 2.45) is 0 Å². The van der Waals surface area contributed by atoms with Crippen molar-refractivity contribution in [1.82, 2.24) is 20.3 Å². The molecule has 0 atom stereocenters. The van der Waals surface area contributed by atoms with Gasteiger partial charge in [-0.15, -0.1) is 0 Å². The maximum Gasteiger partial charge on any atom is 0.298 e. The first-order valence-electron chi connectivity index (χ1n) is 9.33. The first-order valence-corrected chi connectivity index (χ1v) is 9.33. The summed E-state index contributed by atoms with van der Waals surface area (Å²) in [5.74, 6) is 1.36. The van der Waals surface area contributed by atoms with Crippen LogP contribution in [-0.4, -0.2) is 40.1 Å². The van der Waals surface area contributed by atoms with Gasteiger partial charge in [0.1, 0.15) is 0 Å². The monoisotopic (exact) mass is 362 g/mol. The Morgan fingerprint density at radius 2 is 2.15 bits per heavy atom. The van der Waals surface area contributed by atoms with Crippen LogP contribution in [-0.2, 0) is 0 Å². The number of hydrogen-bond acceptors (Lipinski definition) is 7. The molecular formula is C20H22N6O. The predicted octanol–water partition coefficient (Wildman–Crippen LogP) is 3.13. The van der Waals surface area contributed by atoms with E-state index in [1.165, 1.54) is 12.8 Å². The lowest BCUT2D eigenvalue weighted by Gasteiger charge is -2.35. The number of anilines is 3. The Kier molecular flexibility index (Phi) is 3.82. The zero-order chi connectivity index (χ0) is 18.3. The maximum atomic E-state index is 6.14. The topological polar surface area (TPSA) is 79.1 Å². The van der Waals surface area contributed by atoms with Gasteiger partial charge in [-0.1, -0.05) is 12.1 Å². The number of nitrogens with zero attached hydrogens (tertiary/aromatic N) is 4. The molecule has 0 unspecified atom stereocenters. The standard InChI is InChI=1S/C20H22N6O/c1-14-5-8-22-18(24-14)25-16-4-2-3-15(11-16)17-12-23-19(27-17)26-10-9-21-13-20(26)6-7-20/h2-5,8,11-12,21H,6-7,9-10,13H2,1H3,(H,22,24,25). The summed E-state index contributed by atoms with van der Waals surface area (Å²) in [5, 5.41) is 6.72. The molecule has 138 valence electrons. The molecule has 1 aromatic carbocycles. The molecule has 1 saturated heterocycles. The summed E-state index contributed by atoms with van der Waals surface area (Å²) in [7, 11) is 0. The van der Waals surface area contributed by atoms with Gasteiger partial charge in [-0.25, -0.2) is 15.0 Å². The molecule has 5 rings (SSSR count). The molecule has 0 bridgehead atoms. The fraction of sp³-hybridized carbons (Fsp3) is 0.350. The summed E-state index contributed by atoms with van der Waals surface area (Å²) in [5.41, 5.74) is 3.03. The summed E-state index contributed by atoms with van der Waals surface area (Å²) in [6.45, 7) is 4.87. The highest BCUT2D eigenvalue weighted by Gasteiger charge is 2.50. The first-order chi connectivity index (χ1) is 13.2. The van der Waals surface area contributed by atoms with E-state index in [-0.39, 0.29) is 5.54 Å². The van der Waals surface area contributed by atoms with Gasteiger partial charge in [-0.05, 0) is 38.0 Å². The van der Waals surface area contributed by atoms with Gasteiger partial charge in [0.15, 0.2) is 5.76 Å². The molecule has 2 fully saturated rings. The molecule has 2 N–H and O–H groups in total. The molecule has 1 aliphatic carbocycles. The zero-order valence-corrected chi connectivity index (χ0v) is 15.3. The van der Waals surface area contributed by atoms with E-state index in [0.29, 0.717) is 5.95 Å². The van der Waals surface area contributed by atoms with Crippen LogP contribution in [0, 0.1) is 6.92 Å². The quantitative estimate of drug-likeness (QED) is 0.738. The molecule has 1 saturated carbocycles. The summed E-state index contributed by atoms with van der Waals surface area (Å²) >= 11 is 0. The normalized spacial score (nSPS) is 17.9. The summed E-state index contributed by atoms with van der Waals surface area (Å²) < 4.78 is 6.14. The Morgan fingerprint density at radius 3 is 3.00 bits per heavy atom. The van der Waals surface area contributed by atoms with E-state index in [0.717, 1.165) is 48.4 Å². The van der Waals surface area contributed by atoms with E-state index in [1.807, 2.05) is 43.5 Å². The van der Waals surface area contributed by atoms with Crippen LogP contribution in [0.4, 0.5) is 17.7 Å². The number of hydrogen-bond donors (Lipinski definition) is 2. The highest BCUT2D eigenvalue weighted by atomic mass is 16.4. The highest BCUT2D eigenvalue weighted by molar-refractivity contribution is 5.66. The molecule has 7 heteroatoms. The maximum absolute atomic E-state index is 6.14. The number of aryl methyl sites for hydroxylation is 1. The van der Waals surface area contributed by atoms with Crippen molar-refractivity contribution >= 4 is 17.7 Å². The van der Waals surface area contributed by atoms with E-state index < -0.39 is 0 Å². The van der Waals surface area contributed by atoms with Crippen molar-refractivity contribution in [1.29, 1.82) is 0 Å². The lowest BCUT2D eigenvalue weighted by atomic mass is 10.1. The lowest BCUT2D eigenvalue weighted by molar-refractivity contribution is 0.421. The van der Waals surface area contributed by atoms with Crippen molar-refractivity contribution in [3.63, 3.8) is 0 Å². The van der Waals surface area contributed by atoms with Crippen LogP contribution in [0.1, 0.15) is 18.5 Å². The number of piperazine rings is 1. The number of benzene rings is 1. The van der Waals surface area contributed by atoms with E-state index in [4.69, 9.17) is 4.42 Å². The Morgan fingerprint density at radius 1 is 1.22 bits per heavy atom. The first kappa shape index (κ1) is 16.3. The highest BCUT2D eigenvalue weighted by Crippen LogP contribution is 2.44. The molecular weight excluding hydrogens is 340 g/mol. The molecule has 7 nitrogen and oxygen atoms in total. The van der Waals surface area contributed by atoms with Gasteiger partial charge in [0, 0.05) is 42.8 Å². The SMILES string of the molecule is Cc1ccnc(Nc2cccc(-c3cnc(N4CCNCC45CC5)o3)c2)n1. The Bertz CT molecular complexity index is 964. The molecule has 0 amide bonds. The minimum Gasteiger partial charge on any atom is -0.423 e. The molecule has 3 heterocycles. The van der Waals surface area contributed by atoms with E-state index in [1.54, 1.807) is 6.20 Å². The lowest BCUT2D eigenvalue weighted by Crippen LogP contribution is -2.53. The average Bonchev–Trinajstić information content (AvgIpc) is 3.26. The third kappa shape index (κ3) is 3.14. The van der Waals surface area contributed by atoms with Crippen LogP contribution >= 0.6 is 0 Å². The summed E-state index contributed by atoms with van der Waals surface area (Å²) in [4.78, 5) is 15.5. The second-order valence-corrected chi connectivity index (χ2v) is 7.29. The second-order valence-electron chi connectivity index (χ2n) is 7.29. The van der Waals surface area contributed by atoms with Gasteiger partial charge in [0.05, 0.1) is 11.7 Å². The predicted molar refractivity (Wildman–Crippen MR) is 104 cm³/mol. The minimum atomic E-state index is 0.215. The molecule has 3 aromatic rings. The van der Waals surface area contributed by atoms with E-state index >= 15 is 0 Å². The van der Waals surface area contributed by atoms with Gasteiger partial charge in [0.2, 0.25) is 5.95 Å². The molecule has 2 aromatic heterocycles. The van der Waals surface area contributed by atoms with E-state index in [9.17, 15) is 0 Å². The molecule has 27 heavy (non-hydrogen) atoms. The molecule has 0 radical (unpaired) electrons. The number of oxazole rings is 1. The van der Waals surface area contributed by atoms with Crippen LogP contribution in [0.2, 0.25) is 0 Å². The Balaban J connectivity index is 1.38. The van der Waals surface area contributed by atoms with Crippen LogP contribution < -0.4 is 15.5 Å². The third-order valence-electron chi connectivity index (χ3n) is 5.29. The van der Waals surface area contributed by atoms with Gasteiger partial charge in [-0.2, -0.15) is 0 Å². The summed E-state index contributed by atoms with van der Waals surface area (Å²) in [6.07, 6.45) is 5.97. The number of nitrogens with one attached hydrogen (secondary N) is 2. The number of aromatic nitrogens is 3. The van der Waals surface area contributed by atoms with Crippen molar-refractivity contribution < 1.29 is 4.42 Å². The smallest absolute Gasteiger partial charge is 0.298 e. The van der Waals surface area contributed by atoms with E-state index in [2.05, 4.69) is 30.5 Å². The van der Waals surface area contributed by atoms with Crippen LogP contribution in [0.3, 0.4) is 0 Å².